The van der Waals surface area contributed by atoms with E-state index in [1.807, 2.05) is 0 Å². The lowest BCUT2D eigenvalue weighted by Crippen LogP contribution is -2.16. The fourth-order valence-electron chi connectivity index (χ4n) is 1.41. The molecule has 98 valence electrons. The second-order valence-electron chi connectivity index (χ2n) is 3.72. The van der Waals surface area contributed by atoms with Crippen LogP contribution in [0.3, 0.4) is 0 Å². The number of rotatable bonds is 3. The van der Waals surface area contributed by atoms with Gasteiger partial charge in [0, 0.05) is 0 Å². The van der Waals surface area contributed by atoms with Crippen LogP contribution in [0.4, 0.5) is 5.82 Å². The van der Waals surface area contributed by atoms with Crippen LogP contribution in [-0.2, 0) is 11.2 Å². The first-order chi connectivity index (χ1) is 9.04. The molecule has 2 rings (SSSR count). The number of nitrogens with one attached hydrogen (secondary N) is 1. The van der Waals surface area contributed by atoms with Gasteiger partial charge in [0.15, 0.2) is 5.82 Å². The van der Waals surface area contributed by atoms with Crippen molar-refractivity contribution in [1.29, 1.82) is 0 Å². The van der Waals surface area contributed by atoms with Gasteiger partial charge in [-0.25, -0.2) is 9.97 Å². The molecule has 2 aromatic rings. The molecule has 0 aliphatic carbocycles. The number of benzene rings is 1. The van der Waals surface area contributed by atoms with Crippen molar-refractivity contribution in [1.82, 2.24) is 9.97 Å². The molecule has 0 aliphatic heterocycles. The monoisotopic (exact) mass is 385 g/mol. The molecule has 1 amide bonds. The van der Waals surface area contributed by atoms with E-state index in [1.165, 1.54) is 18.3 Å². The molecule has 2 N–H and O–H groups in total. The van der Waals surface area contributed by atoms with Gasteiger partial charge in [-0.1, -0.05) is 12.1 Å². The Morgan fingerprint density at radius 1 is 1.26 bits per heavy atom. The van der Waals surface area contributed by atoms with Gasteiger partial charge < -0.3 is 10.4 Å². The summed E-state index contributed by atoms with van der Waals surface area (Å²) in [6, 6.07) is 6.46. The lowest BCUT2D eigenvalue weighted by Gasteiger charge is -2.06. The second kappa shape index (κ2) is 6.12. The zero-order valence-electron chi connectivity index (χ0n) is 9.60. The number of nitrogens with zero attached hydrogens (tertiary/aromatic N) is 2. The largest absolute Gasteiger partial charge is 0.508 e. The molecule has 0 saturated heterocycles. The van der Waals surface area contributed by atoms with Gasteiger partial charge in [0.1, 0.15) is 15.0 Å². The molecule has 1 aromatic carbocycles. The van der Waals surface area contributed by atoms with E-state index >= 15 is 0 Å². The van der Waals surface area contributed by atoms with E-state index < -0.39 is 0 Å². The summed E-state index contributed by atoms with van der Waals surface area (Å²) in [5.74, 6) is 0.334. The molecular formula is C12H9Br2N3O2. The number of phenolic OH excluding ortho intramolecular Hbond substituents is 1. The lowest BCUT2D eigenvalue weighted by molar-refractivity contribution is -0.115. The molecule has 0 bridgehead atoms. The molecule has 0 spiro atoms. The lowest BCUT2D eigenvalue weighted by atomic mass is 10.1. The van der Waals surface area contributed by atoms with Gasteiger partial charge in [0.05, 0.1) is 12.6 Å². The van der Waals surface area contributed by atoms with Crippen LogP contribution in [0.1, 0.15) is 5.56 Å². The minimum absolute atomic E-state index is 0.172. The number of hydrogen-bond donors (Lipinski definition) is 2. The number of aromatic nitrogens is 2. The highest BCUT2D eigenvalue weighted by molar-refractivity contribution is 9.11. The Kier molecular flexibility index (Phi) is 4.49. The van der Waals surface area contributed by atoms with Gasteiger partial charge in [0.2, 0.25) is 5.91 Å². The molecule has 19 heavy (non-hydrogen) atoms. The number of carbonyl (C=O) groups excluding carboxylic acids is 1. The molecular weight excluding hydrogens is 378 g/mol. The maximum absolute atomic E-state index is 11.8. The first kappa shape index (κ1) is 14.0. The third kappa shape index (κ3) is 4.00. The maximum Gasteiger partial charge on any atom is 0.230 e. The van der Waals surface area contributed by atoms with Gasteiger partial charge in [-0.15, -0.1) is 0 Å². The third-order valence-electron chi connectivity index (χ3n) is 2.26. The molecule has 1 aromatic heterocycles. The highest BCUT2D eigenvalue weighted by Crippen LogP contribution is 2.19. The van der Waals surface area contributed by atoms with Crippen molar-refractivity contribution in [3.8, 4) is 5.75 Å². The predicted molar refractivity (Wildman–Crippen MR) is 77.9 cm³/mol. The highest BCUT2D eigenvalue weighted by Gasteiger charge is 2.09. The van der Waals surface area contributed by atoms with E-state index in [0.29, 0.717) is 15.0 Å². The third-order valence-corrected chi connectivity index (χ3v) is 3.19. The van der Waals surface area contributed by atoms with Crippen LogP contribution in [0, 0.1) is 0 Å². The maximum atomic E-state index is 11.8. The number of hydrogen-bond acceptors (Lipinski definition) is 4. The molecule has 0 atom stereocenters. The SMILES string of the molecule is O=C(Cc1ccc(O)cc1)Nc1ncc(Br)nc1Br. The number of carbonyl (C=O) groups is 1. The van der Waals surface area contributed by atoms with Crippen molar-refractivity contribution in [2.45, 2.75) is 6.42 Å². The number of amides is 1. The van der Waals surface area contributed by atoms with Gasteiger partial charge >= 0.3 is 0 Å². The summed E-state index contributed by atoms with van der Waals surface area (Å²) in [6.07, 6.45) is 1.70. The number of halogens is 2. The Labute approximate surface area is 126 Å². The Morgan fingerprint density at radius 3 is 2.58 bits per heavy atom. The molecule has 7 heteroatoms. The zero-order chi connectivity index (χ0) is 13.8. The van der Waals surface area contributed by atoms with Crippen molar-refractivity contribution in [2.24, 2.45) is 0 Å². The highest BCUT2D eigenvalue weighted by atomic mass is 79.9. The van der Waals surface area contributed by atoms with E-state index in [1.54, 1.807) is 12.1 Å². The fraction of sp³-hybridized carbons (Fsp3) is 0.0833. The molecule has 0 fully saturated rings. The summed E-state index contributed by atoms with van der Waals surface area (Å²) in [6.45, 7) is 0. The molecule has 0 unspecified atom stereocenters. The summed E-state index contributed by atoms with van der Waals surface area (Å²) in [4.78, 5) is 19.9. The van der Waals surface area contributed by atoms with Crippen molar-refractivity contribution in [3.63, 3.8) is 0 Å². The Balaban J connectivity index is 2.03. The van der Waals surface area contributed by atoms with Crippen molar-refractivity contribution >= 4 is 43.6 Å². The van der Waals surface area contributed by atoms with Crippen LogP contribution >= 0.6 is 31.9 Å². The van der Waals surface area contributed by atoms with E-state index in [4.69, 9.17) is 5.11 Å². The number of anilines is 1. The molecule has 0 saturated carbocycles. The Hall–Kier alpha value is -1.47. The Bertz CT molecular complexity index is 602. The minimum atomic E-state index is -0.206. The topological polar surface area (TPSA) is 75.1 Å². The number of phenols is 1. The minimum Gasteiger partial charge on any atom is -0.508 e. The summed E-state index contributed by atoms with van der Waals surface area (Å²) >= 11 is 6.40. The van der Waals surface area contributed by atoms with E-state index in [0.717, 1.165) is 5.56 Å². The summed E-state index contributed by atoms with van der Waals surface area (Å²) in [7, 11) is 0. The smallest absolute Gasteiger partial charge is 0.230 e. The number of aromatic hydroxyl groups is 1. The second-order valence-corrected chi connectivity index (χ2v) is 5.29. The van der Waals surface area contributed by atoms with Crippen molar-refractivity contribution in [3.05, 3.63) is 45.2 Å². The average molecular weight is 387 g/mol. The zero-order valence-corrected chi connectivity index (χ0v) is 12.8. The van der Waals surface area contributed by atoms with Crippen LogP contribution in [-0.4, -0.2) is 21.0 Å². The van der Waals surface area contributed by atoms with E-state index in [-0.39, 0.29) is 18.1 Å². The van der Waals surface area contributed by atoms with E-state index in [2.05, 4.69) is 47.1 Å². The standard InChI is InChI=1S/C12H9Br2N3O2/c13-9-6-15-12(11(14)16-9)17-10(19)5-7-1-3-8(18)4-2-7/h1-4,6,18H,5H2,(H,15,17,19). The first-order valence-electron chi connectivity index (χ1n) is 5.30. The van der Waals surface area contributed by atoms with Gasteiger partial charge in [-0.2, -0.15) is 0 Å². The van der Waals surface area contributed by atoms with Crippen LogP contribution in [0.5, 0.6) is 5.75 Å². The van der Waals surface area contributed by atoms with Gasteiger partial charge in [0.25, 0.3) is 0 Å². The Morgan fingerprint density at radius 2 is 1.95 bits per heavy atom. The van der Waals surface area contributed by atoms with Crippen LogP contribution in [0.15, 0.2) is 39.7 Å². The quantitative estimate of drug-likeness (QED) is 0.850. The van der Waals surface area contributed by atoms with Crippen molar-refractivity contribution < 1.29 is 9.90 Å². The summed E-state index contributed by atoms with van der Waals surface area (Å²) in [5, 5.41) is 11.8. The van der Waals surface area contributed by atoms with Gasteiger partial charge in [-0.05, 0) is 49.6 Å². The summed E-state index contributed by atoms with van der Waals surface area (Å²) < 4.78 is 1.04. The molecule has 0 radical (unpaired) electrons. The molecule has 0 aliphatic rings. The van der Waals surface area contributed by atoms with E-state index in [9.17, 15) is 4.79 Å². The first-order valence-corrected chi connectivity index (χ1v) is 6.89. The normalized spacial score (nSPS) is 10.2. The molecule has 5 nitrogen and oxygen atoms in total. The fourth-order valence-corrected chi connectivity index (χ4v) is 2.32. The summed E-state index contributed by atoms with van der Waals surface area (Å²) in [5.41, 5.74) is 0.802. The van der Waals surface area contributed by atoms with Crippen molar-refractivity contribution in [2.75, 3.05) is 5.32 Å². The van der Waals surface area contributed by atoms with Gasteiger partial charge in [-0.3, -0.25) is 4.79 Å². The predicted octanol–water partition coefficient (Wildman–Crippen LogP) is 2.89. The average Bonchev–Trinajstić information content (AvgIpc) is 2.36. The van der Waals surface area contributed by atoms with Crippen LogP contribution in [0.25, 0.3) is 0 Å². The van der Waals surface area contributed by atoms with Crippen LogP contribution < -0.4 is 5.32 Å². The molecule has 1 heterocycles. The van der Waals surface area contributed by atoms with Crippen LogP contribution in [0.2, 0.25) is 0 Å².